The number of piperidine rings is 1. The fraction of sp³-hybridized carbons (Fsp3) is 0.833. The molecule has 0 aromatic heterocycles. The largest absolute Gasteiger partial charge is 0.455 e. The molecule has 2 rings (SSSR count). The van der Waals surface area contributed by atoms with Gasteiger partial charge >= 0.3 is 17.9 Å². The van der Waals surface area contributed by atoms with Crippen molar-refractivity contribution in [3.05, 3.63) is 0 Å². The molecule has 8 nitrogen and oxygen atoms in total. The van der Waals surface area contributed by atoms with Gasteiger partial charge in [-0.15, -0.1) is 0 Å². The highest BCUT2D eigenvalue weighted by Gasteiger charge is 2.62. The molecule has 1 amide bonds. The first-order chi connectivity index (χ1) is 14.8. The van der Waals surface area contributed by atoms with Gasteiger partial charge in [-0.25, -0.2) is 0 Å². The van der Waals surface area contributed by atoms with Gasteiger partial charge in [-0.2, -0.15) is 11.8 Å². The summed E-state index contributed by atoms with van der Waals surface area (Å²) in [6.07, 6.45) is -3.67. The van der Waals surface area contributed by atoms with Crippen LogP contribution < -0.4 is 0 Å². The highest BCUT2D eigenvalue weighted by atomic mass is 32.2. The Labute approximate surface area is 201 Å². The van der Waals surface area contributed by atoms with Crippen LogP contribution in [0, 0.1) is 16.2 Å². The van der Waals surface area contributed by atoms with Gasteiger partial charge in [0.1, 0.15) is 0 Å². The molecule has 0 saturated carbocycles. The summed E-state index contributed by atoms with van der Waals surface area (Å²) in [5.74, 6) is -0.915. The maximum Gasteiger partial charge on any atom is 0.312 e. The molecule has 0 bridgehead atoms. The number of esters is 3. The van der Waals surface area contributed by atoms with Crippen LogP contribution in [0.15, 0.2) is 0 Å². The van der Waals surface area contributed by atoms with Crippen LogP contribution in [-0.4, -0.2) is 70.6 Å². The molecule has 0 aliphatic carbocycles. The Kier molecular flexibility index (Phi) is 7.59. The second-order valence-electron chi connectivity index (χ2n) is 12.2. The predicted molar refractivity (Wildman–Crippen MR) is 125 cm³/mol. The SMILES string of the molecule is CC(C)(C)C(=O)O[C@@H]1[C@H](OC(=O)C(C)(C)C)C(=O)N2CCSC[C@@]2(C)[C@H]1OC(=O)C(C)(C)C. The van der Waals surface area contributed by atoms with Crippen LogP contribution in [0.5, 0.6) is 0 Å². The maximum atomic E-state index is 13.6. The van der Waals surface area contributed by atoms with Crippen LogP contribution in [0.3, 0.4) is 0 Å². The minimum atomic E-state index is -1.41. The molecule has 2 saturated heterocycles. The van der Waals surface area contributed by atoms with Crippen molar-refractivity contribution in [1.29, 1.82) is 0 Å². The molecule has 2 aliphatic heterocycles. The molecule has 4 atom stereocenters. The topological polar surface area (TPSA) is 99.2 Å². The van der Waals surface area contributed by atoms with E-state index in [0.29, 0.717) is 18.1 Å². The summed E-state index contributed by atoms with van der Waals surface area (Å²) in [5.41, 5.74) is -3.50. The van der Waals surface area contributed by atoms with Crippen LogP contribution in [0.25, 0.3) is 0 Å². The molecule has 33 heavy (non-hydrogen) atoms. The lowest BCUT2D eigenvalue weighted by atomic mass is 9.81. The maximum absolute atomic E-state index is 13.6. The monoisotopic (exact) mass is 485 g/mol. The quantitative estimate of drug-likeness (QED) is 0.444. The summed E-state index contributed by atoms with van der Waals surface area (Å²) in [7, 11) is 0. The second kappa shape index (κ2) is 9.12. The highest BCUT2D eigenvalue weighted by molar-refractivity contribution is 7.99. The molecule has 0 N–H and O–H groups in total. The first-order valence-electron chi connectivity index (χ1n) is 11.3. The Morgan fingerprint density at radius 3 is 1.79 bits per heavy atom. The highest BCUT2D eigenvalue weighted by Crippen LogP contribution is 2.41. The van der Waals surface area contributed by atoms with E-state index >= 15 is 0 Å². The molecule has 0 unspecified atom stereocenters. The molecular formula is C24H39NO7S. The van der Waals surface area contributed by atoms with Gasteiger partial charge in [0.25, 0.3) is 5.91 Å². The average Bonchev–Trinajstić information content (AvgIpc) is 2.65. The average molecular weight is 486 g/mol. The Morgan fingerprint density at radius 2 is 1.30 bits per heavy atom. The lowest BCUT2D eigenvalue weighted by Gasteiger charge is -2.55. The molecule has 2 fully saturated rings. The molecule has 2 aliphatic rings. The fourth-order valence-corrected chi connectivity index (χ4v) is 4.68. The normalized spacial score (nSPS) is 28.6. The van der Waals surface area contributed by atoms with E-state index in [1.54, 1.807) is 79.0 Å². The van der Waals surface area contributed by atoms with Gasteiger partial charge in [0.05, 0.1) is 21.8 Å². The number of carbonyl (C=O) groups is 4. The zero-order valence-corrected chi connectivity index (χ0v) is 22.4. The summed E-state index contributed by atoms with van der Waals surface area (Å²) < 4.78 is 17.5. The van der Waals surface area contributed by atoms with Crippen molar-refractivity contribution >= 4 is 35.6 Å². The Morgan fingerprint density at radius 1 is 0.848 bits per heavy atom. The summed E-state index contributed by atoms with van der Waals surface area (Å²) in [4.78, 5) is 53.9. The van der Waals surface area contributed by atoms with Crippen LogP contribution in [0.2, 0.25) is 0 Å². The smallest absolute Gasteiger partial charge is 0.312 e. The Bertz CT molecular complexity index is 805. The van der Waals surface area contributed by atoms with Crippen LogP contribution in [-0.2, 0) is 33.4 Å². The van der Waals surface area contributed by atoms with E-state index in [9.17, 15) is 19.2 Å². The third-order valence-corrected chi connectivity index (χ3v) is 7.00. The lowest BCUT2D eigenvalue weighted by molar-refractivity contribution is -0.225. The summed E-state index contributed by atoms with van der Waals surface area (Å²) in [6, 6.07) is 0. The molecule has 2 heterocycles. The molecule has 0 spiro atoms. The number of nitrogens with zero attached hydrogens (tertiary/aromatic N) is 1. The van der Waals surface area contributed by atoms with Crippen molar-refractivity contribution in [2.75, 3.05) is 18.1 Å². The van der Waals surface area contributed by atoms with Gasteiger partial charge in [-0.05, 0) is 69.2 Å². The lowest BCUT2D eigenvalue weighted by Crippen LogP contribution is -2.75. The van der Waals surface area contributed by atoms with Crippen LogP contribution in [0.4, 0.5) is 0 Å². The van der Waals surface area contributed by atoms with Crippen molar-refractivity contribution < 1.29 is 33.4 Å². The van der Waals surface area contributed by atoms with Crippen molar-refractivity contribution in [3.8, 4) is 0 Å². The van der Waals surface area contributed by atoms with Gasteiger partial charge in [-0.3, -0.25) is 19.2 Å². The molecular weight excluding hydrogens is 446 g/mol. The van der Waals surface area contributed by atoms with E-state index in [-0.39, 0.29) is 0 Å². The van der Waals surface area contributed by atoms with Crippen molar-refractivity contribution in [1.82, 2.24) is 4.90 Å². The number of hydrogen-bond donors (Lipinski definition) is 0. The summed E-state index contributed by atoms with van der Waals surface area (Å²) in [6.45, 7) is 17.5. The molecule has 9 heteroatoms. The van der Waals surface area contributed by atoms with Gasteiger partial charge in [0.15, 0.2) is 12.2 Å². The van der Waals surface area contributed by atoms with Crippen molar-refractivity contribution in [3.63, 3.8) is 0 Å². The van der Waals surface area contributed by atoms with E-state index in [1.165, 1.54) is 0 Å². The zero-order chi connectivity index (χ0) is 25.6. The first kappa shape index (κ1) is 27.5. The third-order valence-electron chi connectivity index (χ3n) is 5.74. The number of hydrogen-bond acceptors (Lipinski definition) is 8. The zero-order valence-electron chi connectivity index (χ0n) is 21.6. The molecule has 0 radical (unpaired) electrons. The van der Waals surface area contributed by atoms with Gasteiger partial charge in [-0.1, -0.05) is 0 Å². The van der Waals surface area contributed by atoms with E-state index in [2.05, 4.69) is 0 Å². The van der Waals surface area contributed by atoms with E-state index in [4.69, 9.17) is 14.2 Å². The van der Waals surface area contributed by atoms with Crippen molar-refractivity contribution in [2.45, 2.75) is 93.1 Å². The predicted octanol–water partition coefficient (Wildman–Crippen LogP) is 3.21. The fourth-order valence-electron chi connectivity index (χ4n) is 3.49. The standard InChI is InChI=1S/C24H39NO7S/c1-21(2,3)18(27)30-14-15(31-19(28)22(4,5)6)17(26)25-11-12-33-13-24(25,10)16(14)32-20(29)23(7,8)9/h14-16H,11-13H2,1-10H3/t14-,15+,16+,24+/m1/s1. The van der Waals surface area contributed by atoms with Crippen LogP contribution >= 0.6 is 11.8 Å². The Hall–Kier alpha value is -1.77. The van der Waals surface area contributed by atoms with Gasteiger partial charge in [0, 0.05) is 18.1 Å². The third kappa shape index (κ3) is 5.84. The summed E-state index contributed by atoms with van der Waals surface area (Å²) >= 11 is 1.63. The molecule has 0 aromatic rings. The second-order valence-corrected chi connectivity index (χ2v) is 13.3. The Balaban J connectivity index is 2.60. The first-order valence-corrected chi connectivity index (χ1v) is 12.5. The van der Waals surface area contributed by atoms with E-state index in [0.717, 1.165) is 0 Å². The number of ether oxygens (including phenoxy) is 3. The van der Waals surface area contributed by atoms with E-state index < -0.39 is 63.9 Å². The molecule has 0 aromatic carbocycles. The van der Waals surface area contributed by atoms with Crippen LogP contribution in [0.1, 0.15) is 69.2 Å². The number of rotatable bonds is 3. The minimum absolute atomic E-state index is 0.410. The van der Waals surface area contributed by atoms with Gasteiger partial charge in [0.2, 0.25) is 6.10 Å². The number of carbonyl (C=O) groups excluding carboxylic acids is 4. The van der Waals surface area contributed by atoms with E-state index in [1.807, 2.05) is 6.92 Å². The number of fused-ring (bicyclic) bond motifs is 1. The summed E-state index contributed by atoms with van der Waals surface area (Å²) in [5, 5.41) is 0. The van der Waals surface area contributed by atoms with Crippen molar-refractivity contribution in [2.24, 2.45) is 16.2 Å². The number of thioether (sulfide) groups is 1. The van der Waals surface area contributed by atoms with Gasteiger partial charge < -0.3 is 19.1 Å². The molecule has 188 valence electrons. The number of amides is 1. The minimum Gasteiger partial charge on any atom is -0.455 e.